The smallest absolute Gasteiger partial charge is 0.106 e. The van der Waals surface area contributed by atoms with Crippen LogP contribution in [0, 0.1) is 6.92 Å². The lowest BCUT2D eigenvalue weighted by molar-refractivity contribution is 0.999. The van der Waals surface area contributed by atoms with Gasteiger partial charge in [-0.2, -0.15) is 0 Å². The highest BCUT2D eigenvalue weighted by atomic mass is 79.9. The second-order valence-corrected chi connectivity index (χ2v) is 2.90. The first kappa shape index (κ1) is 7.69. The molecule has 0 fully saturated rings. The van der Waals surface area contributed by atoms with E-state index in [9.17, 15) is 0 Å². The lowest BCUT2D eigenvalue weighted by Crippen LogP contribution is -2.00. The van der Waals surface area contributed by atoms with E-state index in [1.165, 1.54) is 0 Å². The van der Waals surface area contributed by atoms with Crippen molar-refractivity contribution in [2.24, 2.45) is 5.73 Å². The van der Waals surface area contributed by atoms with E-state index >= 15 is 0 Å². The highest BCUT2D eigenvalue weighted by Crippen LogP contribution is 2.10. The van der Waals surface area contributed by atoms with Crippen LogP contribution in [-0.2, 0) is 6.54 Å². The third kappa shape index (κ3) is 1.55. The van der Waals surface area contributed by atoms with Gasteiger partial charge >= 0.3 is 0 Å². The molecule has 2 nitrogen and oxygen atoms in total. The monoisotopic (exact) mass is 200 g/mol. The van der Waals surface area contributed by atoms with Crippen LogP contribution in [0.5, 0.6) is 0 Å². The van der Waals surface area contributed by atoms with Gasteiger partial charge in [0, 0.05) is 12.2 Å². The van der Waals surface area contributed by atoms with E-state index in [1.807, 2.05) is 19.1 Å². The Bertz CT molecular complexity index is 235. The third-order valence-electron chi connectivity index (χ3n) is 1.38. The number of aromatic nitrogens is 1. The van der Waals surface area contributed by atoms with Gasteiger partial charge in [0.15, 0.2) is 0 Å². The topological polar surface area (TPSA) is 38.9 Å². The maximum Gasteiger partial charge on any atom is 0.106 e. The number of nitrogens with two attached hydrogens (primary N) is 1. The zero-order valence-electron chi connectivity index (χ0n) is 5.76. The van der Waals surface area contributed by atoms with E-state index in [1.54, 1.807) is 0 Å². The Hall–Kier alpha value is -0.410. The summed E-state index contributed by atoms with van der Waals surface area (Å²) in [5.74, 6) is 0. The molecule has 0 aliphatic heterocycles. The van der Waals surface area contributed by atoms with Gasteiger partial charge in [-0.05, 0) is 34.5 Å². The highest BCUT2D eigenvalue weighted by molar-refractivity contribution is 9.10. The maximum absolute atomic E-state index is 5.45. The van der Waals surface area contributed by atoms with Gasteiger partial charge < -0.3 is 5.73 Å². The molecule has 0 bridgehead atoms. The average molecular weight is 201 g/mol. The van der Waals surface area contributed by atoms with Crippen LogP contribution in [0.1, 0.15) is 11.3 Å². The van der Waals surface area contributed by atoms with E-state index in [-0.39, 0.29) is 0 Å². The molecule has 0 radical (unpaired) electrons. The van der Waals surface area contributed by atoms with E-state index in [4.69, 9.17) is 5.73 Å². The first-order chi connectivity index (χ1) is 4.74. The molecule has 3 heteroatoms. The Morgan fingerprint density at radius 2 is 2.30 bits per heavy atom. The van der Waals surface area contributed by atoms with Crippen LogP contribution >= 0.6 is 15.9 Å². The van der Waals surface area contributed by atoms with Crippen molar-refractivity contribution in [1.82, 2.24) is 4.98 Å². The average Bonchev–Trinajstić information content (AvgIpc) is 1.88. The van der Waals surface area contributed by atoms with Gasteiger partial charge in [-0.1, -0.05) is 6.07 Å². The Kier molecular flexibility index (Phi) is 2.40. The number of rotatable bonds is 1. The van der Waals surface area contributed by atoms with Crippen LogP contribution in [0.15, 0.2) is 16.7 Å². The van der Waals surface area contributed by atoms with Gasteiger partial charge in [0.2, 0.25) is 0 Å². The predicted octanol–water partition coefficient (Wildman–Crippen LogP) is 1.61. The molecule has 1 aromatic heterocycles. The van der Waals surface area contributed by atoms with Crippen molar-refractivity contribution in [2.75, 3.05) is 0 Å². The SMILES string of the molecule is Cc1nc(Br)ccc1CN. The molecule has 1 aromatic rings. The molecule has 10 heavy (non-hydrogen) atoms. The summed E-state index contributed by atoms with van der Waals surface area (Å²) in [5, 5.41) is 0. The van der Waals surface area contributed by atoms with Gasteiger partial charge in [0.25, 0.3) is 0 Å². The van der Waals surface area contributed by atoms with E-state index in [2.05, 4.69) is 20.9 Å². The molecule has 2 N–H and O–H groups in total. The minimum absolute atomic E-state index is 0.562. The number of halogens is 1. The second kappa shape index (κ2) is 3.12. The fourth-order valence-corrected chi connectivity index (χ4v) is 1.17. The van der Waals surface area contributed by atoms with Gasteiger partial charge in [0.1, 0.15) is 4.60 Å². The zero-order valence-corrected chi connectivity index (χ0v) is 7.35. The molecule has 0 aromatic carbocycles. The summed E-state index contributed by atoms with van der Waals surface area (Å²) in [6.45, 7) is 2.51. The van der Waals surface area contributed by atoms with Crippen LogP contribution in [0.4, 0.5) is 0 Å². The Labute approximate surface area is 68.6 Å². The van der Waals surface area contributed by atoms with Gasteiger partial charge in [-0.25, -0.2) is 4.98 Å². The molecule has 54 valence electrons. The molecule has 0 saturated heterocycles. The Morgan fingerprint density at radius 3 is 2.80 bits per heavy atom. The standard InChI is InChI=1S/C7H9BrN2/c1-5-6(4-9)2-3-7(8)10-5/h2-3H,4,9H2,1H3. The first-order valence-electron chi connectivity index (χ1n) is 3.06. The van der Waals surface area contributed by atoms with Crippen molar-refractivity contribution in [3.8, 4) is 0 Å². The summed E-state index contributed by atoms with van der Waals surface area (Å²) < 4.78 is 0.863. The summed E-state index contributed by atoms with van der Waals surface area (Å²) in [7, 11) is 0. The van der Waals surface area contributed by atoms with Crippen molar-refractivity contribution in [3.05, 3.63) is 28.0 Å². The first-order valence-corrected chi connectivity index (χ1v) is 3.85. The second-order valence-electron chi connectivity index (χ2n) is 2.08. The molecule has 1 heterocycles. The number of pyridine rings is 1. The molecule has 0 unspecified atom stereocenters. The summed E-state index contributed by atoms with van der Waals surface area (Å²) in [6.07, 6.45) is 0. The molecule has 1 rings (SSSR count). The lowest BCUT2D eigenvalue weighted by atomic mass is 10.2. The zero-order chi connectivity index (χ0) is 7.56. The quantitative estimate of drug-likeness (QED) is 0.701. The Balaban J connectivity index is 3.07. The molecule has 0 aliphatic rings. The number of hydrogen-bond acceptors (Lipinski definition) is 2. The van der Waals surface area contributed by atoms with Crippen LogP contribution < -0.4 is 5.73 Å². The molecule has 0 atom stereocenters. The molecule has 0 amide bonds. The van der Waals surface area contributed by atoms with E-state index < -0.39 is 0 Å². The number of aryl methyl sites for hydroxylation is 1. The van der Waals surface area contributed by atoms with Crippen LogP contribution in [0.3, 0.4) is 0 Å². The van der Waals surface area contributed by atoms with Crippen LogP contribution in [-0.4, -0.2) is 4.98 Å². The van der Waals surface area contributed by atoms with Gasteiger partial charge in [-0.15, -0.1) is 0 Å². The summed E-state index contributed by atoms with van der Waals surface area (Å²) in [5.41, 5.74) is 7.54. The third-order valence-corrected chi connectivity index (χ3v) is 1.82. The summed E-state index contributed by atoms with van der Waals surface area (Å²) in [4.78, 5) is 4.18. The van der Waals surface area contributed by atoms with Crippen molar-refractivity contribution >= 4 is 15.9 Å². The van der Waals surface area contributed by atoms with E-state index in [0.29, 0.717) is 6.54 Å². The van der Waals surface area contributed by atoms with Gasteiger partial charge in [0.05, 0.1) is 0 Å². The summed E-state index contributed by atoms with van der Waals surface area (Å²) in [6, 6.07) is 3.88. The largest absolute Gasteiger partial charge is 0.326 e. The molecule has 0 spiro atoms. The molecular formula is C7H9BrN2. The molecular weight excluding hydrogens is 192 g/mol. The normalized spacial score (nSPS) is 9.90. The van der Waals surface area contributed by atoms with Crippen LogP contribution in [0.25, 0.3) is 0 Å². The number of hydrogen-bond donors (Lipinski definition) is 1. The fraction of sp³-hybridized carbons (Fsp3) is 0.286. The minimum Gasteiger partial charge on any atom is -0.326 e. The van der Waals surface area contributed by atoms with E-state index in [0.717, 1.165) is 15.9 Å². The molecule has 0 saturated carbocycles. The minimum atomic E-state index is 0.562. The maximum atomic E-state index is 5.45. The van der Waals surface area contributed by atoms with Gasteiger partial charge in [-0.3, -0.25) is 0 Å². The van der Waals surface area contributed by atoms with Crippen molar-refractivity contribution in [2.45, 2.75) is 13.5 Å². The van der Waals surface area contributed by atoms with Crippen molar-refractivity contribution < 1.29 is 0 Å². The highest BCUT2D eigenvalue weighted by Gasteiger charge is 1.95. The Morgan fingerprint density at radius 1 is 1.60 bits per heavy atom. The summed E-state index contributed by atoms with van der Waals surface area (Å²) >= 11 is 3.27. The van der Waals surface area contributed by atoms with Crippen molar-refractivity contribution in [3.63, 3.8) is 0 Å². The lowest BCUT2D eigenvalue weighted by Gasteiger charge is -2.00. The molecule has 0 aliphatic carbocycles. The predicted molar refractivity (Wildman–Crippen MR) is 44.6 cm³/mol. The van der Waals surface area contributed by atoms with Crippen molar-refractivity contribution in [1.29, 1.82) is 0 Å². The fourth-order valence-electron chi connectivity index (χ4n) is 0.775. The van der Waals surface area contributed by atoms with Crippen LogP contribution in [0.2, 0.25) is 0 Å². The number of nitrogens with zero attached hydrogens (tertiary/aromatic N) is 1.